The molecule has 0 atom stereocenters. The summed E-state index contributed by atoms with van der Waals surface area (Å²) in [6.07, 6.45) is 0.556. The van der Waals surface area contributed by atoms with E-state index in [0.29, 0.717) is 16.9 Å². The van der Waals surface area contributed by atoms with Gasteiger partial charge in [-0.1, -0.05) is 37.4 Å². The molecular formula is C25H23ClF3N5O. The summed E-state index contributed by atoms with van der Waals surface area (Å²) in [5, 5.41) is 6.07. The van der Waals surface area contributed by atoms with Gasteiger partial charge < -0.3 is 15.6 Å². The summed E-state index contributed by atoms with van der Waals surface area (Å²) in [4.78, 5) is 24.7. The summed E-state index contributed by atoms with van der Waals surface area (Å²) in [7, 11) is 0. The van der Waals surface area contributed by atoms with Gasteiger partial charge in [-0.25, -0.2) is 9.97 Å². The molecular weight excluding hydrogens is 479 g/mol. The number of benzene rings is 2. The van der Waals surface area contributed by atoms with E-state index < -0.39 is 17.6 Å². The van der Waals surface area contributed by atoms with Crippen molar-refractivity contribution in [3.05, 3.63) is 70.9 Å². The van der Waals surface area contributed by atoms with E-state index in [-0.39, 0.29) is 16.3 Å². The number of H-pyrrole nitrogens is 1. The third-order valence-electron chi connectivity index (χ3n) is 5.39. The van der Waals surface area contributed by atoms with Gasteiger partial charge in [0.2, 0.25) is 0 Å². The second-order valence-electron chi connectivity index (χ2n) is 8.03. The number of fused-ring (bicyclic) bond motifs is 1. The standard InChI is InChI=1S/C25H23ClF3N5O/c1-2-3-4-10-30-22-9-8-16(14-31-22)23-32-20-12-18(26)19(13-21(20)33-23)34-24(35)15-6-5-7-17(11-15)25(27,28)29/h5-9,11-14H,2-4,10H2,1H3,(H,30,31)(H,32,33)(H,34,35). The van der Waals surface area contributed by atoms with Crippen LogP contribution >= 0.6 is 11.6 Å². The van der Waals surface area contributed by atoms with Crippen LogP contribution in [0.5, 0.6) is 0 Å². The number of hydrogen-bond donors (Lipinski definition) is 3. The number of nitrogens with zero attached hydrogens (tertiary/aromatic N) is 2. The lowest BCUT2D eigenvalue weighted by atomic mass is 10.1. The Hall–Kier alpha value is -3.59. The van der Waals surface area contributed by atoms with E-state index in [2.05, 4.69) is 32.5 Å². The Morgan fingerprint density at radius 1 is 1.11 bits per heavy atom. The van der Waals surface area contributed by atoms with E-state index in [1.807, 2.05) is 12.1 Å². The molecule has 4 rings (SSSR count). The third-order valence-corrected chi connectivity index (χ3v) is 5.71. The van der Waals surface area contributed by atoms with Crippen LogP contribution in [0.2, 0.25) is 5.02 Å². The Bertz CT molecular complexity index is 1340. The molecule has 0 saturated carbocycles. The molecule has 0 unspecified atom stereocenters. The number of unbranched alkanes of at least 4 members (excludes halogenated alkanes) is 2. The number of rotatable bonds is 8. The van der Waals surface area contributed by atoms with Crippen molar-refractivity contribution in [1.82, 2.24) is 15.0 Å². The maximum absolute atomic E-state index is 13.0. The first-order valence-corrected chi connectivity index (χ1v) is 11.5. The van der Waals surface area contributed by atoms with E-state index >= 15 is 0 Å². The van der Waals surface area contributed by atoms with Gasteiger partial charge >= 0.3 is 6.18 Å². The van der Waals surface area contributed by atoms with Gasteiger partial charge in [0.05, 0.1) is 27.3 Å². The van der Waals surface area contributed by atoms with Crippen molar-refractivity contribution >= 4 is 40.0 Å². The second kappa shape index (κ2) is 10.4. The molecule has 2 aromatic carbocycles. The van der Waals surface area contributed by atoms with E-state index in [0.717, 1.165) is 49.3 Å². The number of alkyl halides is 3. The van der Waals surface area contributed by atoms with Crippen molar-refractivity contribution < 1.29 is 18.0 Å². The first kappa shape index (κ1) is 24.5. The van der Waals surface area contributed by atoms with Crippen molar-refractivity contribution in [2.75, 3.05) is 17.2 Å². The van der Waals surface area contributed by atoms with Crippen LogP contribution < -0.4 is 10.6 Å². The number of carbonyl (C=O) groups is 1. The van der Waals surface area contributed by atoms with Gasteiger partial charge in [-0.15, -0.1) is 0 Å². The minimum atomic E-state index is -4.55. The summed E-state index contributed by atoms with van der Waals surface area (Å²) in [6, 6.07) is 11.1. The van der Waals surface area contributed by atoms with Crippen LogP contribution in [-0.4, -0.2) is 27.4 Å². The number of aromatic amines is 1. The Balaban J connectivity index is 1.51. The highest BCUT2D eigenvalue weighted by atomic mass is 35.5. The molecule has 2 heterocycles. The fourth-order valence-corrected chi connectivity index (χ4v) is 3.74. The zero-order chi connectivity index (χ0) is 25.0. The molecule has 0 fully saturated rings. The maximum Gasteiger partial charge on any atom is 0.416 e. The van der Waals surface area contributed by atoms with Crippen LogP contribution in [0, 0.1) is 0 Å². The summed E-state index contributed by atoms with van der Waals surface area (Å²) in [5.41, 5.74) is 1.15. The number of anilines is 2. The minimum absolute atomic E-state index is 0.131. The van der Waals surface area contributed by atoms with Crippen LogP contribution in [0.4, 0.5) is 24.7 Å². The van der Waals surface area contributed by atoms with Crippen LogP contribution in [0.1, 0.15) is 42.1 Å². The second-order valence-corrected chi connectivity index (χ2v) is 8.44. The SMILES string of the molecule is CCCCCNc1ccc(-c2nc3cc(NC(=O)c4cccc(C(F)(F)F)c4)c(Cl)cc3[nH]2)cn1. The van der Waals surface area contributed by atoms with Gasteiger partial charge in [-0.3, -0.25) is 4.79 Å². The van der Waals surface area contributed by atoms with Gasteiger partial charge in [-0.2, -0.15) is 13.2 Å². The maximum atomic E-state index is 13.0. The van der Waals surface area contributed by atoms with Crippen molar-refractivity contribution in [1.29, 1.82) is 0 Å². The largest absolute Gasteiger partial charge is 0.416 e. The molecule has 4 aromatic rings. The highest BCUT2D eigenvalue weighted by Gasteiger charge is 2.31. The van der Waals surface area contributed by atoms with Crippen LogP contribution in [0.25, 0.3) is 22.4 Å². The van der Waals surface area contributed by atoms with Gasteiger partial charge in [-0.05, 0) is 48.9 Å². The van der Waals surface area contributed by atoms with Crippen LogP contribution in [0.3, 0.4) is 0 Å². The predicted molar refractivity (Wildman–Crippen MR) is 132 cm³/mol. The average Bonchev–Trinajstić information content (AvgIpc) is 3.24. The molecule has 6 nitrogen and oxygen atoms in total. The van der Waals surface area contributed by atoms with E-state index in [4.69, 9.17) is 11.6 Å². The molecule has 0 saturated heterocycles. The summed E-state index contributed by atoms with van der Waals surface area (Å²) in [5.74, 6) is 0.644. The molecule has 35 heavy (non-hydrogen) atoms. The first-order chi connectivity index (χ1) is 16.7. The zero-order valence-electron chi connectivity index (χ0n) is 18.8. The Morgan fingerprint density at radius 3 is 2.66 bits per heavy atom. The molecule has 1 amide bonds. The molecule has 0 radical (unpaired) electrons. The van der Waals surface area contributed by atoms with Crippen molar-refractivity contribution in [2.45, 2.75) is 32.4 Å². The van der Waals surface area contributed by atoms with E-state index in [1.54, 1.807) is 18.3 Å². The summed E-state index contributed by atoms with van der Waals surface area (Å²) >= 11 is 6.32. The third kappa shape index (κ3) is 5.92. The molecule has 0 aliphatic rings. The number of hydrogen-bond acceptors (Lipinski definition) is 4. The molecule has 0 bridgehead atoms. The first-order valence-electron chi connectivity index (χ1n) is 11.1. The van der Waals surface area contributed by atoms with Crippen molar-refractivity contribution in [2.24, 2.45) is 0 Å². The lowest BCUT2D eigenvalue weighted by Gasteiger charge is -2.10. The molecule has 182 valence electrons. The predicted octanol–water partition coefficient (Wildman–Crippen LogP) is 7.15. The Labute approximate surface area is 204 Å². The molecule has 0 spiro atoms. The normalized spacial score (nSPS) is 11.6. The Morgan fingerprint density at radius 2 is 1.94 bits per heavy atom. The van der Waals surface area contributed by atoms with Gasteiger partial charge in [0.25, 0.3) is 5.91 Å². The highest BCUT2D eigenvalue weighted by Crippen LogP contribution is 2.31. The highest BCUT2D eigenvalue weighted by molar-refractivity contribution is 6.34. The smallest absolute Gasteiger partial charge is 0.370 e. The zero-order valence-corrected chi connectivity index (χ0v) is 19.6. The number of carbonyl (C=O) groups excluding carboxylic acids is 1. The van der Waals surface area contributed by atoms with Gasteiger partial charge in [0.15, 0.2) is 0 Å². The Kier molecular flexibility index (Phi) is 7.25. The molecule has 3 N–H and O–H groups in total. The van der Waals surface area contributed by atoms with Crippen LogP contribution in [0.15, 0.2) is 54.7 Å². The number of pyridine rings is 1. The molecule has 0 aliphatic heterocycles. The molecule has 0 aliphatic carbocycles. The van der Waals surface area contributed by atoms with Crippen molar-refractivity contribution in [3.63, 3.8) is 0 Å². The fourth-order valence-electron chi connectivity index (χ4n) is 3.52. The van der Waals surface area contributed by atoms with Crippen molar-refractivity contribution in [3.8, 4) is 11.4 Å². The minimum Gasteiger partial charge on any atom is -0.370 e. The quantitative estimate of drug-likeness (QED) is 0.224. The average molecular weight is 502 g/mol. The topological polar surface area (TPSA) is 82.7 Å². The van der Waals surface area contributed by atoms with Gasteiger partial charge in [0.1, 0.15) is 11.6 Å². The monoisotopic (exact) mass is 501 g/mol. The number of nitrogens with one attached hydrogen (secondary N) is 3. The summed E-state index contributed by atoms with van der Waals surface area (Å²) < 4.78 is 38.9. The van der Waals surface area contributed by atoms with E-state index in [1.165, 1.54) is 12.1 Å². The van der Waals surface area contributed by atoms with E-state index in [9.17, 15) is 18.0 Å². The van der Waals surface area contributed by atoms with Gasteiger partial charge in [0, 0.05) is 23.9 Å². The summed E-state index contributed by atoms with van der Waals surface area (Å²) in [6.45, 7) is 3.01. The molecule has 2 aromatic heterocycles. The number of amides is 1. The lowest BCUT2D eigenvalue weighted by molar-refractivity contribution is -0.137. The fraction of sp³-hybridized carbons (Fsp3) is 0.240. The van der Waals surface area contributed by atoms with Crippen LogP contribution in [-0.2, 0) is 6.18 Å². The number of aromatic nitrogens is 3. The number of halogens is 4. The molecule has 10 heteroatoms. The number of imidazole rings is 1. The lowest BCUT2D eigenvalue weighted by Crippen LogP contribution is -2.14.